The Balaban J connectivity index is 1.76. The minimum atomic E-state index is -3.48. The molecule has 0 spiro atoms. The summed E-state index contributed by atoms with van der Waals surface area (Å²) in [7, 11) is -3.48. The van der Waals surface area contributed by atoms with E-state index in [0.717, 1.165) is 25.7 Å². The third-order valence-electron chi connectivity index (χ3n) is 4.51. The zero-order valence-electron chi connectivity index (χ0n) is 11.5. The molecule has 2 fully saturated rings. The lowest BCUT2D eigenvalue weighted by Gasteiger charge is -2.23. The molecule has 2 aliphatic rings. The number of sulfonamides is 1. The van der Waals surface area contributed by atoms with Gasteiger partial charge in [-0.05, 0) is 49.8 Å². The van der Waals surface area contributed by atoms with Gasteiger partial charge in [0.05, 0.1) is 15.9 Å². The molecule has 1 unspecified atom stereocenters. The summed E-state index contributed by atoms with van der Waals surface area (Å²) in [6, 6.07) is 4.92. The number of rotatable bonds is 3. The van der Waals surface area contributed by atoms with Crippen molar-refractivity contribution in [1.29, 1.82) is 0 Å². The number of fused-ring (bicyclic) bond motifs is 1. The fraction of sp³-hybridized carbons (Fsp3) is 0.500. The highest BCUT2D eigenvalue weighted by molar-refractivity contribution is 7.89. The smallest absolute Gasteiger partial charge is 0.306 e. The van der Waals surface area contributed by atoms with Crippen LogP contribution in [0.25, 0.3) is 11.0 Å². The number of nitrogens with zero attached hydrogens (tertiary/aromatic N) is 1. The summed E-state index contributed by atoms with van der Waals surface area (Å²) in [4.78, 5) is 16.8. The highest BCUT2D eigenvalue weighted by Gasteiger charge is 2.43. The van der Waals surface area contributed by atoms with Gasteiger partial charge in [-0.3, -0.25) is 0 Å². The quantitative estimate of drug-likeness (QED) is 0.899. The van der Waals surface area contributed by atoms with E-state index in [9.17, 15) is 13.2 Å². The van der Waals surface area contributed by atoms with Crippen molar-refractivity contribution in [3.8, 4) is 0 Å². The van der Waals surface area contributed by atoms with Gasteiger partial charge in [-0.2, -0.15) is 4.31 Å². The molecule has 112 valence electrons. The third kappa shape index (κ3) is 2.11. The molecule has 0 radical (unpaired) electrons. The average molecular weight is 307 g/mol. The number of hydrogen-bond acceptors (Lipinski definition) is 3. The predicted molar refractivity (Wildman–Crippen MR) is 78.6 cm³/mol. The number of hydrogen-bond donors (Lipinski definition) is 2. The molecule has 4 rings (SSSR count). The molecule has 2 N–H and O–H groups in total. The van der Waals surface area contributed by atoms with Crippen LogP contribution in [-0.4, -0.2) is 35.3 Å². The standard InChI is InChI=1S/C14H17N3O3S/c18-14-15-11-6-5-10(8-12(11)16-14)21(19,20)17-7-1-2-13(17)9-3-4-9/h5-6,8-9,13H,1-4,7H2,(H2,15,16,18). The highest BCUT2D eigenvalue weighted by atomic mass is 32.2. The number of imidazole rings is 1. The lowest BCUT2D eigenvalue weighted by molar-refractivity contribution is 0.356. The fourth-order valence-corrected chi connectivity index (χ4v) is 5.10. The Hall–Kier alpha value is -1.60. The number of aromatic amines is 2. The highest BCUT2D eigenvalue weighted by Crippen LogP contribution is 2.42. The number of aromatic nitrogens is 2. The van der Waals surface area contributed by atoms with Crippen LogP contribution in [0.2, 0.25) is 0 Å². The van der Waals surface area contributed by atoms with E-state index in [4.69, 9.17) is 0 Å². The minimum absolute atomic E-state index is 0.163. The van der Waals surface area contributed by atoms with E-state index in [1.807, 2.05) is 0 Å². The molecule has 1 saturated carbocycles. The monoisotopic (exact) mass is 307 g/mol. The number of H-pyrrole nitrogens is 2. The van der Waals surface area contributed by atoms with Crippen LogP contribution in [0.4, 0.5) is 0 Å². The van der Waals surface area contributed by atoms with E-state index in [0.29, 0.717) is 23.5 Å². The van der Waals surface area contributed by atoms with Crippen LogP contribution in [0, 0.1) is 5.92 Å². The van der Waals surface area contributed by atoms with Gasteiger partial charge in [0.1, 0.15) is 0 Å². The Morgan fingerprint density at radius 3 is 2.62 bits per heavy atom. The number of nitrogens with one attached hydrogen (secondary N) is 2. The molecule has 1 aliphatic carbocycles. The van der Waals surface area contributed by atoms with Gasteiger partial charge in [-0.15, -0.1) is 0 Å². The zero-order chi connectivity index (χ0) is 14.6. The van der Waals surface area contributed by atoms with E-state index in [1.54, 1.807) is 22.5 Å². The maximum atomic E-state index is 12.9. The molecule has 1 saturated heterocycles. The summed E-state index contributed by atoms with van der Waals surface area (Å²) in [5.41, 5.74) is 0.832. The van der Waals surface area contributed by atoms with Crippen molar-refractivity contribution in [3.05, 3.63) is 28.7 Å². The molecule has 7 heteroatoms. The van der Waals surface area contributed by atoms with E-state index in [1.165, 1.54) is 0 Å². The van der Waals surface area contributed by atoms with Crippen LogP contribution >= 0.6 is 0 Å². The summed E-state index contributed by atoms with van der Waals surface area (Å²) in [5.74, 6) is 0.540. The van der Waals surface area contributed by atoms with Crippen molar-refractivity contribution >= 4 is 21.1 Å². The molecular formula is C14H17N3O3S. The van der Waals surface area contributed by atoms with Gasteiger partial charge in [0, 0.05) is 12.6 Å². The predicted octanol–water partition coefficient (Wildman–Crippen LogP) is 1.42. The van der Waals surface area contributed by atoms with E-state index in [2.05, 4.69) is 9.97 Å². The largest absolute Gasteiger partial charge is 0.323 e. The maximum Gasteiger partial charge on any atom is 0.323 e. The van der Waals surface area contributed by atoms with Gasteiger partial charge in [-0.25, -0.2) is 13.2 Å². The van der Waals surface area contributed by atoms with Crippen LogP contribution < -0.4 is 5.69 Å². The van der Waals surface area contributed by atoms with Crippen molar-refractivity contribution in [1.82, 2.24) is 14.3 Å². The summed E-state index contributed by atoms with van der Waals surface area (Å²) >= 11 is 0. The Kier molecular flexibility index (Phi) is 2.77. The Labute approximate surface area is 122 Å². The molecular weight excluding hydrogens is 290 g/mol. The van der Waals surface area contributed by atoms with Crippen LogP contribution in [0.1, 0.15) is 25.7 Å². The molecule has 21 heavy (non-hydrogen) atoms. The van der Waals surface area contributed by atoms with E-state index in [-0.39, 0.29) is 16.6 Å². The Morgan fingerprint density at radius 1 is 1.10 bits per heavy atom. The molecule has 0 bridgehead atoms. The minimum Gasteiger partial charge on any atom is -0.306 e. The molecule has 6 nitrogen and oxygen atoms in total. The molecule has 1 aliphatic heterocycles. The molecule has 1 atom stereocenters. The van der Waals surface area contributed by atoms with Crippen molar-refractivity contribution in [2.45, 2.75) is 36.6 Å². The van der Waals surface area contributed by atoms with Crippen molar-refractivity contribution in [3.63, 3.8) is 0 Å². The van der Waals surface area contributed by atoms with Crippen LogP contribution in [0.3, 0.4) is 0 Å². The normalized spacial score (nSPS) is 23.9. The SMILES string of the molecule is O=c1[nH]c2ccc(S(=O)(=O)N3CCCC3C3CC3)cc2[nH]1. The first-order valence-corrected chi connectivity index (χ1v) is 8.73. The van der Waals surface area contributed by atoms with Crippen molar-refractivity contribution < 1.29 is 8.42 Å². The first-order chi connectivity index (χ1) is 10.1. The van der Waals surface area contributed by atoms with Gasteiger partial charge in [0.2, 0.25) is 10.0 Å². The van der Waals surface area contributed by atoms with Crippen LogP contribution in [0.5, 0.6) is 0 Å². The topological polar surface area (TPSA) is 86.0 Å². The first kappa shape index (κ1) is 13.1. The van der Waals surface area contributed by atoms with Gasteiger partial charge in [0.25, 0.3) is 0 Å². The zero-order valence-corrected chi connectivity index (χ0v) is 12.3. The van der Waals surface area contributed by atoms with Gasteiger partial charge >= 0.3 is 5.69 Å². The van der Waals surface area contributed by atoms with Crippen molar-refractivity contribution in [2.75, 3.05) is 6.54 Å². The van der Waals surface area contributed by atoms with Crippen LogP contribution in [-0.2, 0) is 10.0 Å². The Morgan fingerprint density at radius 2 is 1.86 bits per heavy atom. The second kappa shape index (κ2) is 4.45. The third-order valence-corrected chi connectivity index (χ3v) is 6.43. The summed E-state index contributed by atoms with van der Waals surface area (Å²) in [6.45, 7) is 0.602. The second-order valence-electron chi connectivity index (χ2n) is 5.95. The lowest BCUT2D eigenvalue weighted by atomic mass is 10.1. The first-order valence-electron chi connectivity index (χ1n) is 7.29. The molecule has 2 heterocycles. The van der Waals surface area contributed by atoms with Gasteiger partial charge in [0.15, 0.2) is 0 Å². The van der Waals surface area contributed by atoms with E-state index < -0.39 is 10.0 Å². The summed E-state index contributed by atoms with van der Waals surface area (Å²) < 4.78 is 27.4. The van der Waals surface area contributed by atoms with Gasteiger partial charge in [-0.1, -0.05) is 0 Å². The molecule has 2 aromatic rings. The summed E-state index contributed by atoms with van der Waals surface area (Å²) in [6.07, 6.45) is 4.18. The maximum absolute atomic E-state index is 12.9. The van der Waals surface area contributed by atoms with Gasteiger partial charge < -0.3 is 9.97 Å². The fourth-order valence-electron chi connectivity index (χ4n) is 3.32. The lowest BCUT2D eigenvalue weighted by Crippen LogP contribution is -2.36. The molecule has 1 aromatic carbocycles. The van der Waals surface area contributed by atoms with E-state index >= 15 is 0 Å². The molecule has 0 amide bonds. The number of benzene rings is 1. The second-order valence-corrected chi connectivity index (χ2v) is 7.84. The average Bonchev–Trinajstić information content (AvgIpc) is 3.03. The molecule has 1 aromatic heterocycles. The Bertz CT molecular complexity index is 848. The van der Waals surface area contributed by atoms with Crippen molar-refractivity contribution in [2.24, 2.45) is 5.92 Å². The summed E-state index contributed by atoms with van der Waals surface area (Å²) in [5, 5.41) is 0. The van der Waals surface area contributed by atoms with Crippen LogP contribution in [0.15, 0.2) is 27.9 Å².